The minimum absolute atomic E-state index is 0.166. The lowest BCUT2D eigenvalue weighted by Crippen LogP contribution is -2.43. The van der Waals surface area contributed by atoms with Gasteiger partial charge in [-0.05, 0) is 22.7 Å². The Morgan fingerprint density at radius 3 is 2.26 bits per heavy atom. The summed E-state index contributed by atoms with van der Waals surface area (Å²) in [4.78, 5) is 38.4. The number of nitro groups is 1. The van der Waals surface area contributed by atoms with Gasteiger partial charge in [-0.15, -0.1) is 0 Å². The lowest BCUT2D eigenvalue weighted by atomic mass is 9.99. The summed E-state index contributed by atoms with van der Waals surface area (Å²) in [5.41, 5.74) is 10.8. The second-order valence-corrected chi connectivity index (χ2v) is 6.16. The first-order valence-electron chi connectivity index (χ1n) is 9.04. The lowest BCUT2D eigenvalue weighted by molar-refractivity contribution is -0.389. The summed E-state index contributed by atoms with van der Waals surface area (Å²) in [6.07, 6.45) is 4.04. The van der Waals surface area contributed by atoms with Crippen LogP contribution in [0.15, 0.2) is 6.20 Å². The van der Waals surface area contributed by atoms with E-state index in [2.05, 4.69) is 15.6 Å². The van der Waals surface area contributed by atoms with Gasteiger partial charge in [0.1, 0.15) is 12.1 Å². The SMILES string of the molecule is Cc1nc([N+](=O)[O-])cn1CCCCCC(C(=O)NCCN)C(=O)NCCN. The highest BCUT2D eigenvalue weighted by molar-refractivity contribution is 6.00. The number of carbonyl (C=O) groups excluding carboxylic acids is 2. The van der Waals surface area contributed by atoms with Gasteiger partial charge in [0.25, 0.3) is 0 Å². The molecule has 0 radical (unpaired) electrons. The molecule has 11 nitrogen and oxygen atoms in total. The van der Waals surface area contributed by atoms with Crippen LogP contribution in [0.25, 0.3) is 0 Å². The first-order chi connectivity index (χ1) is 12.9. The summed E-state index contributed by atoms with van der Waals surface area (Å²) in [7, 11) is 0. The molecule has 11 heteroatoms. The van der Waals surface area contributed by atoms with Crippen molar-refractivity contribution >= 4 is 17.6 Å². The van der Waals surface area contributed by atoms with E-state index in [9.17, 15) is 19.7 Å². The van der Waals surface area contributed by atoms with Gasteiger partial charge in [-0.25, -0.2) is 0 Å². The van der Waals surface area contributed by atoms with Crippen molar-refractivity contribution in [2.45, 2.75) is 39.2 Å². The van der Waals surface area contributed by atoms with Crippen LogP contribution in [-0.4, -0.2) is 52.5 Å². The maximum Gasteiger partial charge on any atom is 0.381 e. The molecule has 2 amide bonds. The molecule has 0 unspecified atom stereocenters. The second kappa shape index (κ2) is 12.0. The van der Waals surface area contributed by atoms with Crippen LogP contribution >= 0.6 is 0 Å². The zero-order valence-corrected chi connectivity index (χ0v) is 15.6. The molecular formula is C16H29N7O4. The number of rotatable bonds is 13. The normalized spacial score (nSPS) is 10.8. The summed E-state index contributed by atoms with van der Waals surface area (Å²) in [5.74, 6) is -1.03. The molecule has 0 spiro atoms. The fraction of sp³-hybridized carbons (Fsp3) is 0.688. The Balaban J connectivity index is 2.46. The molecule has 0 atom stereocenters. The summed E-state index contributed by atoms with van der Waals surface area (Å²) in [6, 6.07) is 0. The fourth-order valence-electron chi connectivity index (χ4n) is 2.63. The number of nitrogens with zero attached hydrogens (tertiary/aromatic N) is 3. The van der Waals surface area contributed by atoms with Crippen molar-refractivity contribution in [2.24, 2.45) is 17.4 Å². The van der Waals surface area contributed by atoms with Gasteiger partial charge in [-0.3, -0.25) is 9.59 Å². The third-order valence-electron chi connectivity index (χ3n) is 4.06. The Labute approximate surface area is 158 Å². The summed E-state index contributed by atoms with van der Waals surface area (Å²) in [5, 5.41) is 16.0. The Kier molecular flexibility index (Phi) is 9.98. The Hall–Kier alpha value is -2.53. The number of unbranched alkanes of at least 4 members (excludes halogenated alkanes) is 2. The minimum Gasteiger partial charge on any atom is -0.358 e. The molecule has 1 aromatic heterocycles. The molecular weight excluding hydrogens is 354 g/mol. The highest BCUT2D eigenvalue weighted by Crippen LogP contribution is 2.14. The zero-order valence-electron chi connectivity index (χ0n) is 15.6. The van der Waals surface area contributed by atoms with E-state index in [0.29, 0.717) is 51.4 Å². The van der Waals surface area contributed by atoms with Crippen molar-refractivity contribution in [3.8, 4) is 0 Å². The van der Waals surface area contributed by atoms with Crippen LogP contribution in [0.1, 0.15) is 31.5 Å². The van der Waals surface area contributed by atoms with E-state index in [0.717, 1.165) is 12.8 Å². The minimum atomic E-state index is -0.779. The first-order valence-corrected chi connectivity index (χ1v) is 9.04. The number of amides is 2. The molecule has 0 aliphatic rings. The number of hydrogen-bond acceptors (Lipinski definition) is 7. The Bertz CT molecular complexity index is 612. The molecule has 0 bridgehead atoms. The second-order valence-electron chi connectivity index (χ2n) is 6.16. The average molecular weight is 383 g/mol. The molecule has 152 valence electrons. The van der Waals surface area contributed by atoms with Crippen molar-refractivity contribution in [1.82, 2.24) is 20.2 Å². The van der Waals surface area contributed by atoms with E-state index in [-0.39, 0.29) is 17.6 Å². The van der Waals surface area contributed by atoms with Crippen LogP contribution in [0.5, 0.6) is 0 Å². The van der Waals surface area contributed by atoms with E-state index in [4.69, 9.17) is 11.5 Å². The van der Waals surface area contributed by atoms with E-state index >= 15 is 0 Å². The third kappa shape index (κ3) is 7.71. The van der Waals surface area contributed by atoms with E-state index < -0.39 is 10.8 Å². The Morgan fingerprint density at radius 1 is 1.19 bits per heavy atom. The van der Waals surface area contributed by atoms with E-state index in [1.165, 1.54) is 6.20 Å². The molecule has 6 N–H and O–H groups in total. The van der Waals surface area contributed by atoms with Crippen LogP contribution in [-0.2, 0) is 16.1 Å². The largest absolute Gasteiger partial charge is 0.381 e. The smallest absolute Gasteiger partial charge is 0.358 e. The molecule has 0 saturated carbocycles. The number of hydrogen-bond donors (Lipinski definition) is 4. The third-order valence-corrected chi connectivity index (χ3v) is 4.06. The van der Waals surface area contributed by atoms with Crippen LogP contribution in [0, 0.1) is 23.0 Å². The van der Waals surface area contributed by atoms with Crippen molar-refractivity contribution < 1.29 is 14.5 Å². The molecule has 1 aromatic rings. The van der Waals surface area contributed by atoms with Crippen molar-refractivity contribution in [3.63, 3.8) is 0 Å². The summed E-state index contributed by atoms with van der Waals surface area (Å²) >= 11 is 0. The molecule has 0 aliphatic heterocycles. The predicted molar refractivity (Wildman–Crippen MR) is 99.7 cm³/mol. The number of aromatic nitrogens is 2. The van der Waals surface area contributed by atoms with E-state index in [1.54, 1.807) is 11.5 Å². The predicted octanol–water partition coefficient (Wildman–Crippen LogP) is -0.574. The highest BCUT2D eigenvalue weighted by Gasteiger charge is 2.25. The lowest BCUT2D eigenvalue weighted by Gasteiger charge is -2.16. The van der Waals surface area contributed by atoms with Crippen LogP contribution in [0.4, 0.5) is 5.82 Å². The molecule has 0 aliphatic carbocycles. The Morgan fingerprint density at radius 2 is 1.78 bits per heavy atom. The van der Waals surface area contributed by atoms with Gasteiger partial charge in [0.15, 0.2) is 0 Å². The maximum atomic E-state index is 12.2. The van der Waals surface area contributed by atoms with Crippen LogP contribution < -0.4 is 22.1 Å². The van der Waals surface area contributed by atoms with Gasteiger partial charge < -0.3 is 36.8 Å². The molecule has 0 fully saturated rings. The van der Waals surface area contributed by atoms with Gasteiger partial charge in [0, 0.05) is 39.6 Å². The van der Waals surface area contributed by atoms with Crippen molar-refractivity contribution in [1.29, 1.82) is 0 Å². The quantitative estimate of drug-likeness (QED) is 0.153. The number of imidazole rings is 1. The van der Waals surface area contributed by atoms with Crippen molar-refractivity contribution in [3.05, 3.63) is 22.1 Å². The monoisotopic (exact) mass is 383 g/mol. The van der Waals surface area contributed by atoms with Crippen LogP contribution in [0.3, 0.4) is 0 Å². The number of nitrogens with one attached hydrogen (secondary N) is 2. The van der Waals surface area contributed by atoms with Gasteiger partial charge >= 0.3 is 5.82 Å². The standard InChI is InChI=1S/C16H29N7O4/c1-12-21-14(23(26)27)11-22(12)10-4-2-3-5-13(15(24)19-8-6-17)16(25)20-9-7-18/h11,13H,2-10,17-18H2,1H3,(H,19,24)(H,20,25). The topological polar surface area (TPSA) is 171 Å². The number of nitrogens with two attached hydrogens (primary N) is 2. The van der Waals surface area contributed by atoms with E-state index in [1.807, 2.05) is 0 Å². The number of carbonyl (C=O) groups is 2. The molecule has 27 heavy (non-hydrogen) atoms. The van der Waals surface area contributed by atoms with Crippen molar-refractivity contribution in [2.75, 3.05) is 26.2 Å². The molecule has 0 saturated heterocycles. The molecule has 0 aromatic carbocycles. The number of aryl methyl sites for hydroxylation is 2. The van der Waals surface area contributed by atoms with Gasteiger partial charge in [0.05, 0.1) is 0 Å². The van der Waals surface area contributed by atoms with Gasteiger partial charge in [-0.2, -0.15) is 0 Å². The highest BCUT2D eigenvalue weighted by atomic mass is 16.6. The fourth-order valence-corrected chi connectivity index (χ4v) is 2.63. The first kappa shape index (κ1) is 22.5. The molecule has 1 heterocycles. The maximum absolute atomic E-state index is 12.2. The van der Waals surface area contributed by atoms with Gasteiger partial charge in [0.2, 0.25) is 17.6 Å². The summed E-state index contributed by atoms with van der Waals surface area (Å²) < 4.78 is 1.73. The average Bonchev–Trinajstić information content (AvgIpc) is 3.01. The summed E-state index contributed by atoms with van der Waals surface area (Å²) in [6.45, 7) is 3.55. The van der Waals surface area contributed by atoms with Gasteiger partial charge in [-0.1, -0.05) is 12.8 Å². The van der Waals surface area contributed by atoms with Crippen LogP contribution in [0.2, 0.25) is 0 Å². The molecule has 1 rings (SSSR count). The zero-order chi connectivity index (χ0) is 20.2.